The standard InChI is InChI=1S/C10H23N/c1-8(9(2)7-11)6-10(3,4)5/h8-9H,6-7,11H2,1-5H3. The summed E-state index contributed by atoms with van der Waals surface area (Å²) in [7, 11) is 0. The molecule has 0 aromatic rings. The number of nitrogens with two attached hydrogens (primary N) is 1. The van der Waals surface area contributed by atoms with Gasteiger partial charge in [0, 0.05) is 0 Å². The van der Waals surface area contributed by atoms with Crippen molar-refractivity contribution in [3.8, 4) is 0 Å². The second-order valence-corrected chi connectivity index (χ2v) is 4.96. The lowest BCUT2D eigenvalue weighted by molar-refractivity contribution is 0.253. The van der Waals surface area contributed by atoms with Crippen LogP contribution in [0.2, 0.25) is 0 Å². The summed E-state index contributed by atoms with van der Waals surface area (Å²) in [5.41, 5.74) is 6.04. The van der Waals surface area contributed by atoms with E-state index in [0.717, 1.165) is 12.5 Å². The van der Waals surface area contributed by atoms with Crippen LogP contribution in [0.25, 0.3) is 0 Å². The molecule has 0 aliphatic carbocycles. The molecule has 0 spiro atoms. The van der Waals surface area contributed by atoms with E-state index in [1.807, 2.05) is 0 Å². The number of hydrogen-bond donors (Lipinski definition) is 1. The zero-order valence-corrected chi connectivity index (χ0v) is 8.65. The maximum absolute atomic E-state index is 5.59. The van der Waals surface area contributed by atoms with Crippen LogP contribution in [0.5, 0.6) is 0 Å². The van der Waals surface area contributed by atoms with Crippen LogP contribution in [-0.4, -0.2) is 6.54 Å². The molecule has 11 heavy (non-hydrogen) atoms. The third-order valence-electron chi connectivity index (χ3n) is 2.28. The van der Waals surface area contributed by atoms with Gasteiger partial charge in [0.25, 0.3) is 0 Å². The summed E-state index contributed by atoms with van der Waals surface area (Å²) in [5.74, 6) is 1.41. The minimum atomic E-state index is 0.447. The SMILES string of the molecule is CC(CN)C(C)CC(C)(C)C. The maximum Gasteiger partial charge on any atom is -0.00490 e. The monoisotopic (exact) mass is 157 g/mol. The van der Waals surface area contributed by atoms with Crippen LogP contribution in [-0.2, 0) is 0 Å². The average Bonchev–Trinajstić information content (AvgIpc) is 1.82. The van der Waals surface area contributed by atoms with E-state index in [9.17, 15) is 0 Å². The minimum Gasteiger partial charge on any atom is -0.330 e. The fraction of sp³-hybridized carbons (Fsp3) is 1.00. The highest BCUT2D eigenvalue weighted by Crippen LogP contribution is 2.27. The van der Waals surface area contributed by atoms with Gasteiger partial charge in [-0.1, -0.05) is 34.6 Å². The zero-order valence-electron chi connectivity index (χ0n) is 8.65. The molecule has 0 amide bonds. The van der Waals surface area contributed by atoms with Crippen molar-refractivity contribution in [2.24, 2.45) is 23.0 Å². The van der Waals surface area contributed by atoms with Crippen molar-refractivity contribution in [2.45, 2.75) is 41.0 Å². The van der Waals surface area contributed by atoms with E-state index in [2.05, 4.69) is 34.6 Å². The Morgan fingerprint density at radius 1 is 1.09 bits per heavy atom. The third kappa shape index (κ3) is 5.25. The van der Waals surface area contributed by atoms with Crippen molar-refractivity contribution in [2.75, 3.05) is 6.54 Å². The van der Waals surface area contributed by atoms with Crippen molar-refractivity contribution in [3.05, 3.63) is 0 Å². The largest absolute Gasteiger partial charge is 0.330 e. The highest BCUT2D eigenvalue weighted by atomic mass is 14.5. The van der Waals surface area contributed by atoms with Crippen LogP contribution in [0.4, 0.5) is 0 Å². The van der Waals surface area contributed by atoms with Gasteiger partial charge in [0.15, 0.2) is 0 Å². The lowest BCUT2D eigenvalue weighted by Crippen LogP contribution is -2.22. The van der Waals surface area contributed by atoms with Crippen molar-refractivity contribution in [3.63, 3.8) is 0 Å². The fourth-order valence-electron chi connectivity index (χ4n) is 1.40. The van der Waals surface area contributed by atoms with Crippen molar-refractivity contribution >= 4 is 0 Å². The Morgan fingerprint density at radius 2 is 1.55 bits per heavy atom. The average molecular weight is 157 g/mol. The van der Waals surface area contributed by atoms with E-state index in [-0.39, 0.29) is 0 Å². The molecule has 0 radical (unpaired) electrons. The smallest absolute Gasteiger partial charge is 0.00490 e. The van der Waals surface area contributed by atoms with Crippen molar-refractivity contribution < 1.29 is 0 Å². The Balaban J connectivity index is 3.77. The Kier molecular flexibility index (Phi) is 4.09. The first-order chi connectivity index (χ1) is 4.87. The predicted molar refractivity (Wildman–Crippen MR) is 51.5 cm³/mol. The van der Waals surface area contributed by atoms with Crippen molar-refractivity contribution in [1.82, 2.24) is 0 Å². The molecule has 0 fully saturated rings. The van der Waals surface area contributed by atoms with Crippen LogP contribution in [0.3, 0.4) is 0 Å². The first kappa shape index (κ1) is 11.0. The van der Waals surface area contributed by atoms with Crippen LogP contribution in [0.1, 0.15) is 41.0 Å². The highest BCUT2D eigenvalue weighted by Gasteiger charge is 2.18. The number of hydrogen-bond acceptors (Lipinski definition) is 1. The summed E-state index contributed by atoms with van der Waals surface area (Å²) >= 11 is 0. The van der Waals surface area contributed by atoms with Gasteiger partial charge in [-0.25, -0.2) is 0 Å². The van der Waals surface area contributed by atoms with E-state index in [1.54, 1.807) is 0 Å². The molecule has 0 bridgehead atoms. The zero-order chi connectivity index (χ0) is 9.07. The topological polar surface area (TPSA) is 26.0 Å². The van der Waals surface area contributed by atoms with Gasteiger partial charge >= 0.3 is 0 Å². The Bertz CT molecular complexity index is 102. The van der Waals surface area contributed by atoms with E-state index >= 15 is 0 Å². The van der Waals surface area contributed by atoms with E-state index < -0.39 is 0 Å². The quantitative estimate of drug-likeness (QED) is 0.669. The lowest BCUT2D eigenvalue weighted by Gasteiger charge is -2.26. The van der Waals surface area contributed by atoms with E-state index in [4.69, 9.17) is 5.73 Å². The van der Waals surface area contributed by atoms with Gasteiger partial charge in [0.2, 0.25) is 0 Å². The minimum absolute atomic E-state index is 0.447. The van der Waals surface area contributed by atoms with Crippen LogP contribution >= 0.6 is 0 Å². The molecule has 0 heterocycles. The second-order valence-electron chi connectivity index (χ2n) is 4.96. The normalized spacial score (nSPS) is 18.0. The molecule has 0 aromatic carbocycles. The molecule has 1 heteroatoms. The summed E-state index contributed by atoms with van der Waals surface area (Å²) in [5, 5.41) is 0. The first-order valence-corrected chi connectivity index (χ1v) is 4.57. The summed E-state index contributed by atoms with van der Waals surface area (Å²) in [6.07, 6.45) is 1.27. The molecule has 0 aliphatic rings. The molecule has 68 valence electrons. The molecule has 2 unspecified atom stereocenters. The molecule has 1 nitrogen and oxygen atoms in total. The molecule has 2 N–H and O–H groups in total. The molecule has 0 aromatic heterocycles. The van der Waals surface area contributed by atoms with Gasteiger partial charge < -0.3 is 5.73 Å². The van der Waals surface area contributed by atoms with Crippen LogP contribution < -0.4 is 5.73 Å². The predicted octanol–water partition coefficient (Wildman–Crippen LogP) is 2.65. The highest BCUT2D eigenvalue weighted by molar-refractivity contribution is 4.70. The molecular formula is C10H23N. The molecule has 0 saturated heterocycles. The van der Waals surface area contributed by atoms with Crippen LogP contribution in [0, 0.1) is 17.3 Å². The fourth-order valence-corrected chi connectivity index (χ4v) is 1.40. The number of rotatable bonds is 3. The van der Waals surface area contributed by atoms with Gasteiger partial charge in [-0.15, -0.1) is 0 Å². The molecule has 0 aliphatic heterocycles. The Morgan fingerprint density at radius 3 is 1.82 bits per heavy atom. The summed E-state index contributed by atoms with van der Waals surface area (Å²) in [4.78, 5) is 0. The third-order valence-corrected chi connectivity index (χ3v) is 2.28. The van der Waals surface area contributed by atoms with E-state index in [0.29, 0.717) is 11.3 Å². The van der Waals surface area contributed by atoms with Gasteiger partial charge in [-0.05, 0) is 30.2 Å². The van der Waals surface area contributed by atoms with Crippen molar-refractivity contribution in [1.29, 1.82) is 0 Å². The molecule has 2 atom stereocenters. The second kappa shape index (κ2) is 4.10. The first-order valence-electron chi connectivity index (χ1n) is 4.57. The van der Waals surface area contributed by atoms with Gasteiger partial charge in [-0.2, -0.15) is 0 Å². The molecule has 0 rings (SSSR count). The van der Waals surface area contributed by atoms with Gasteiger partial charge in [0.05, 0.1) is 0 Å². The summed E-state index contributed by atoms with van der Waals surface area (Å²) in [6.45, 7) is 12.2. The Hall–Kier alpha value is -0.0400. The molecule has 0 saturated carbocycles. The Labute approximate surface area is 71.4 Å². The van der Waals surface area contributed by atoms with Gasteiger partial charge in [-0.3, -0.25) is 0 Å². The molecular weight excluding hydrogens is 134 g/mol. The van der Waals surface area contributed by atoms with Gasteiger partial charge in [0.1, 0.15) is 0 Å². The van der Waals surface area contributed by atoms with E-state index in [1.165, 1.54) is 6.42 Å². The van der Waals surface area contributed by atoms with Crippen LogP contribution in [0.15, 0.2) is 0 Å². The lowest BCUT2D eigenvalue weighted by atomic mass is 9.80. The maximum atomic E-state index is 5.59. The summed E-state index contributed by atoms with van der Waals surface area (Å²) in [6, 6.07) is 0. The summed E-state index contributed by atoms with van der Waals surface area (Å²) < 4.78 is 0.